The maximum absolute atomic E-state index is 12.7. The van der Waals surface area contributed by atoms with Crippen LogP contribution in [0.15, 0.2) is 78.9 Å². The van der Waals surface area contributed by atoms with Gasteiger partial charge in [-0.15, -0.1) is 0 Å². The molecule has 0 aromatic heterocycles. The highest BCUT2D eigenvalue weighted by Gasteiger charge is 2.15. The van der Waals surface area contributed by atoms with Crippen molar-refractivity contribution in [3.8, 4) is 0 Å². The molecular weight excluding hydrogens is 358 g/mol. The maximum atomic E-state index is 12.7. The van der Waals surface area contributed by atoms with Gasteiger partial charge in [0.2, 0.25) is 0 Å². The predicted octanol–water partition coefficient (Wildman–Crippen LogP) is 4.12. The second-order valence-electron chi connectivity index (χ2n) is 6.04. The third-order valence-electron chi connectivity index (χ3n) is 4.13. The predicted molar refractivity (Wildman–Crippen MR) is 107 cm³/mol. The Bertz CT molecular complexity index is 1030. The molecule has 0 atom stereocenters. The van der Waals surface area contributed by atoms with E-state index in [2.05, 4.69) is 5.32 Å². The van der Waals surface area contributed by atoms with Crippen molar-refractivity contribution in [1.82, 2.24) is 0 Å². The zero-order valence-corrected chi connectivity index (χ0v) is 15.0. The Morgan fingerprint density at radius 3 is 2.29 bits per heavy atom. The lowest BCUT2D eigenvalue weighted by molar-refractivity contribution is -0.384. The van der Waals surface area contributed by atoms with Crippen LogP contribution in [0.3, 0.4) is 0 Å². The normalized spacial score (nSPS) is 10.2. The molecule has 3 aromatic rings. The number of hydrogen-bond acceptors (Lipinski definition) is 4. The summed E-state index contributed by atoms with van der Waals surface area (Å²) in [4.78, 5) is 36.9. The van der Waals surface area contributed by atoms with Gasteiger partial charge in [0.25, 0.3) is 17.5 Å². The highest BCUT2D eigenvalue weighted by atomic mass is 16.6. The molecule has 0 aliphatic heterocycles. The summed E-state index contributed by atoms with van der Waals surface area (Å²) < 4.78 is 0. The van der Waals surface area contributed by atoms with Crippen molar-refractivity contribution in [3.63, 3.8) is 0 Å². The molecular formula is C21H17N3O4. The number of para-hydroxylation sites is 1. The molecule has 28 heavy (non-hydrogen) atoms. The van der Waals surface area contributed by atoms with E-state index < -0.39 is 10.8 Å². The highest BCUT2D eigenvalue weighted by Crippen LogP contribution is 2.19. The number of hydrogen-bond donors (Lipinski definition) is 1. The fraction of sp³-hybridized carbons (Fsp3) is 0.0476. The Morgan fingerprint density at radius 1 is 0.893 bits per heavy atom. The van der Waals surface area contributed by atoms with Gasteiger partial charge in [0.15, 0.2) is 0 Å². The van der Waals surface area contributed by atoms with E-state index in [9.17, 15) is 19.7 Å². The smallest absolute Gasteiger partial charge is 0.270 e. The largest absolute Gasteiger partial charge is 0.322 e. The number of nitrogens with zero attached hydrogens (tertiary/aromatic N) is 2. The number of nitro groups is 1. The fourth-order valence-corrected chi connectivity index (χ4v) is 2.66. The molecule has 0 fully saturated rings. The van der Waals surface area contributed by atoms with Gasteiger partial charge in [0.05, 0.1) is 4.92 Å². The molecule has 7 nitrogen and oxygen atoms in total. The molecule has 140 valence electrons. The van der Waals surface area contributed by atoms with Crippen molar-refractivity contribution in [2.45, 2.75) is 0 Å². The average molecular weight is 375 g/mol. The van der Waals surface area contributed by atoms with Crippen molar-refractivity contribution in [3.05, 3.63) is 100 Å². The summed E-state index contributed by atoms with van der Waals surface area (Å²) in [5.41, 5.74) is 1.57. The third-order valence-corrected chi connectivity index (χ3v) is 4.13. The molecule has 0 bridgehead atoms. The molecule has 3 aromatic carbocycles. The average Bonchev–Trinajstić information content (AvgIpc) is 2.73. The number of rotatable bonds is 5. The Kier molecular flexibility index (Phi) is 5.45. The number of benzene rings is 3. The van der Waals surface area contributed by atoms with E-state index >= 15 is 0 Å². The van der Waals surface area contributed by atoms with Gasteiger partial charge in [0, 0.05) is 41.7 Å². The third kappa shape index (κ3) is 4.21. The molecule has 0 unspecified atom stereocenters. The first-order chi connectivity index (χ1) is 13.5. The summed E-state index contributed by atoms with van der Waals surface area (Å²) in [5, 5.41) is 13.5. The molecule has 0 aliphatic carbocycles. The van der Waals surface area contributed by atoms with Crippen LogP contribution in [0, 0.1) is 10.1 Å². The molecule has 1 N–H and O–H groups in total. The minimum atomic E-state index is -0.560. The van der Waals surface area contributed by atoms with Crippen molar-refractivity contribution in [1.29, 1.82) is 0 Å². The zero-order chi connectivity index (χ0) is 20.1. The van der Waals surface area contributed by atoms with Crippen molar-refractivity contribution < 1.29 is 14.5 Å². The minimum Gasteiger partial charge on any atom is -0.322 e. The fourth-order valence-electron chi connectivity index (χ4n) is 2.66. The molecule has 0 saturated heterocycles. The Hall–Kier alpha value is -4.00. The summed E-state index contributed by atoms with van der Waals surface area (Å²) in [6, 6.07) is 21.2. The number of nitro benzene ring substituents is 1. The monoisotopic (exact) mass is 375 g/mol. The van der Waals surface area contributed by atoms with Gasteiger partial charge in [-0.25, -0.2) is 0 Å². The summed E-state index contributed by atoms with van der Waals surface area (Å²) >= 11 is 0. The first-order valence-corrected chi connectivity index (χ1v) is 8.44. The van der Waals surface area contributed by atoms with Crippen LogP contribution in [0.4, 0.5) is 17.1 Å². The highest BCUT2D eigenvalue weighted by molar-refractivity contribution is 6.08. The van der Waals surface area contributed by atoms with Crippen LogP contribution in [0.5, 0.6) is 0 Å². The van der Waals surface area contributed by atoms with Crippen LogP contribution in [-0.4, -0.2) is 23.8 Å². The number of anilines is 2. The van der Waals surface area contributed by atoms with E-state index in [0.717, 1.165) is 5.69 Å². The zero-order valence-electron chi connectivity index (χ0n) is 15.0. The minimum absolute atomic E-state index is 0.160. The summed E-state index contributed by atoms with van der Waals surface area (Å²) in [5.74, 6) is -0.720. The van der Waals surface area contributed by atoms with Gasteiger partial charge in [-0.2, -0.15) is 0 Å². The number of amides is 2. The van der Waals surface area contributed by atoms with Gasteiger partial charge in [-0.05, 0) is 36.4 Å². The maximum Gasteiger partial charge on any atom is 0.270 e. The van der Waals surface area contributed by atoms with E-state index in [4.69, 9.17) is 0 Å². The van der Waals surface area contributed by atoms with E-state index in [-0.39, 0.29) is 17.2 Å². The van der Waals surface area contributed by atoms with Gasteiger partial charge in [0.1, 0.15) is 0 Å². The molecule has 0 aliphatic rings. The van der Waals surface area contributed by atoms with Gasteiger partial charge in [-0.1, -0.05) is 30.3 Å². The lowest BCUT2D eigenvalue weighted by Gasteiger charge is -2.17. The lowest BCUT2D eigenvalue weighted by Crippen LogP contribution is -2.26. The van der Waals surface area contributed by atoms with E-state index in [0.29, 0.717) is 11.3 Å². The topological polar surface area (TPSA) is 92.6 Å². The second-order valence-corrected chi connectivity index (χ2v) is 6.04. The molecule has 0 spiro atoms. The first-order valence-electron chi connectivity index (χ1n) is 8.44. The molecule has 7 heteroatoms. The Morgan fingerprint density at radius 2 is 1.57 bits per heavy atom. The standard InChI is InChI=1S/C21H17N3O4/c1-23(18-10-3-2-4-11-18)21(26)16-8-5-9-17(13-16)22-20(25)15-7-6-12-19(14-15)24(27)28/h2-14H,1H3,(H,22,25). The van der Waals surface area contributed by atoms with Gasteiger partial charge in [-0.3, -0.25) is 19.7 Å². The van der Waals surface area contributed by atoms with E-state index in [1.807, 2.05) is 30.3 Å². The van der Waals surface area contributed by atoms with Crippen LogP contribution in [0.2, 0.25) is 0 Å². The quantitative estimate of drug-likeness (QED) is 0.536. The number of carbonyl (C=O) groups excluding carboxylic acids is 2. The summed E-state index contributed by atoms with van der Waals surface area (Å²) in [6.07, 6.45) is 0. The molecule has 0 radical (unpaired) electrons. The van der Waals surface area contributed by atoms with E-state index in [1.165, 1.54) is 29.2 Å². The van der Waals surface area contributed by atoms with Crippen LogP contribution in [-0.2, 0) is 0 Å². The molecule has 3 rings (SSSR count). The first kappa shape index (κ1) is 18.8. The van der Waals surface area contributed by atoms with Crippen LogP contribution < -0.4 is 10.2 Å². The molecule has 0 heterocycles. The van der Waals surface area contributed by atoms with Crippen molar-refractivity contribution in [2.75, 3.05) is 17.3 Å². The number of carbonyl (C=O) groups is 2. The van der Waals surface area contributed by atoms with Gasteiger partial charge >= 0.3 is 0 Å². The summed E-state index contributed by atoms with van der Waals surface area (Å²) in [6.45, 7) is 0. The van der Waals surface area contributed by atoms with Crippen LogP contribution >= 0.6 is 0 Å². The lowest BCUT2D eigenvalue weighted by atomic mass is 10.1. The van der Waals surface area contributed by atoms with Gasteiger partial charge < -0.3 is 10.2 Å². The van der Waals surface area contributed by atoms with Crippen molar-refractivity contribution >= 4 is 28.9 Å². The van der Waals surface area contributed by atoms with Crippen LogP contribution in [0.25, 0.3) is 0 Å². The Balaban J connectivity index is 1.78. The SMILES string of the molecule is CN(C(=O)c1cccc(NC(=O)c2cccc([N+](=O)[O-])c2)c1)c1ccccc1. The molecule has 0 saturated carbocycles. The number of non-ortho nitro benzene ring substituents is 1. The Labute approximate surface area is 161 Å². The van der Waals surface area contributed by atoms with Crippen LogP contribution in [0.1, 0.15) is 20.7 Å². The second kappa shape index (κ2) is 8.13. The summed E-state index contributed by atoms with van der Waals surface area (Å²) in [7, 11) is 1.67. The van der Waals surface area contributed by atoms with E-state index in [1.54, 1.807) is 31.3 Å². The van der Waals surface area contributed by atoms with Crippen molar-refractivity contribution in [2.24, 2.45) is 0 Å². The number of nitrogens with one attached hydrogen (secondary N) is 1. The molecule has 2 amide bonds.